The van der Waals surface area contributed by atoms with E-state index >= 15 is 0 Å². The number of aromatic hydroxyl groups is 1. The second-order valence-corrected chi connectivity index (χ2v) is 7.91. The first-order chi connectivity index (χ1) is 17.5. The Morgan fingerprint density at radius 1 is 0.946 bits per heavy atom. The van der Waals surface area contributed by atoms with Gasteiger partial charge in [-0.15, -0.1) is 13.2 Å². The number of rotatable bonds is 7. The van der Waals surface area contributed by atoms with Crippen LogP contribution in [0.2, 0.25) is 0 Å². The number of aliphatic carboxylic acids is 1. The lowest BCUT2D eigenvalue weighted by molar-refractivity contribution is -0.274. The summed E-state index contributed by atoms with van der Waals surface area (Å²) in [6.45, 7) is 1.46. The molecule has 4 aromatic rings. The maximum absolute atomic E-state index is 13.3. The average molecular weight is 509 g/mol. The van der Waals surface area contributed by atoms with E-state index in [0.29, 0.717) is 22.2 Å². The second kappa shape index (κ2) is 10.0. The zero-order valence-corrected chi connectivity index (χ0v) is 19.1. The Morgan fingerprint density at radius 3 is 2.22 bits per heavy atom. The number of phenolic OH excluding ortho intramolecular Hbond substituents is 1. The molecular weight excluding hydrogens is 491 g/mol. The average Bonchev–Trinajstić information content (AvgIpc) is 2.84. The number of carboxylic acid groups (broad SMARTS) is 1. The van der Waals surface area contributed by atoms with Crippen molar-refractivity contribution in [2.75, 3.05) is 0 Å². The molecule has 0 atom stereocenters. The topological polar surface area (TPSA) is 106 Å². The number of carbonyl (C=O) groups is 2. The monoisotopic (exact) mass is 509 g/mol. The van der Waals surface area contributed by atoms with Gasteiger partial charge in [-0.2, -0.15) is 0 Å². The molecule has 4 rings (SSSR count). The summed E-state index contributed by atoms with van der Waals surface area (Å²) in [5, 5.41) is 19.3. The number of nitrogens with zero attached hydrogens (tertiary/aromatic N) is 1. The summed E-state index contributed by atoms with van der Waals surface area (Å²) in [5.74, 6) is -1.68. The highest BCUT2D eigenvalue weighted by molar-refractivity contribution is 6.13. The summed E-state index contributed by atoms with van der Waals surface area (Å²) in [6.07, 6.45) is -2.12. The van der Waals surface area contributed by atoms with Crippen molar-refractivity contribution in [3.63, 3.8) is 0 Å². The molecule has 0 spiro atoms. The lowest BCUT2D eigenvalue weighted by Crippen LogP contribution is -2.17. The second-order valence-electron chi connectivity index (χ2n) is 7.91. The molecule has 0 saturated heterocycles. The third kappa shape index (κ3) is 6.04. The van der Waals surface area contributed by atoms with Crippen LogP contribution in [0.1, 0.15) is 28.4 Å². The normalized spacial score (nSPS) is 11.8. The number of pyridine rings is 1. The number of phenols is 1. The molecule has 3 aromatic carbocycles. The van der Waals surface area contributed by atoms with Crippen molar-refractivity contribution in [3.8, 4) is 23.0 Å². The van der Waals surface area contributed by atoms with Gasteiger partial charge in [0.2, 0.25) is 0 Å². The number of hydrogen-bond acceptors (Lipinski definition) is 6. The lowest BCUT2D eigenvalue weighted by atomic mass is 10.0. The van der Waals surface area contributed by atoms with E-state index in [2.05, 4.69) is 9.72 Å². The van der Waals surface area contributed by atoms with E-state index in [4.69, 9.17) is 9.84 Å². The zero-order valence-electron chi connectivity index (χ0n) is 19.1. The summed E-state index contributed by atoms with van der Waals surface area (Å²) in [6, 6.07) is 15.2. The fourth-order valence-corrected chi connectivity index (χ4v) is 3.45. The van der Waals surface area contributed by atoms with E-state index in [1.54, 1.807) is 24.3 Å². The van der Waals surface area contributed by atoms with Crippen LogP contribution >= 0.6 is 0 Å². The van der Waals surface area contributed by atoms with Crippen molar-refractivity contribution >= 4 is 28.7 Å². The van der Waals surface area contributed by atoms with Crippen LogP contribution in [-0.2, 0) is 4.79 Å². The Labute approximate surface area is 208 Å². The number of fused-ring (bicyclic) bond motifs is 1. The highest BCUT2D eigenvalue weighted by Crippen LogP contribution is 2.35. The van der Waals surface area contributed by atoms with Gasteiger partial charge in [-0.1, -0.05) is 12.1 Å². The van der Waals surface area contributed by atoms with Crippen molar-refractivity contribution in [1.29, 1.82) is 0 Å². The summed E-state index contributed by atoms with van der Waals surface area (Å²) >= 11 is 0. The van der Waals surface area contributed by atoms with E-state index in [-0.39, 0.29) is 28.2 Å². The minimum absolute atomic E-state index is 0.0355. The Bertz CT molecular complexity index is 1510. The zero-order chi connectivity index (χ0) is 26.7. The highest BCUT2D eigenvalue weighted by Gasteiger charge is 2.31. The fraction of sp³-hybridized carbons (Fsp3) is 0.0741. The number of carbonyl (C=O) groups excluding carboxylic acids is 1. The van der Waals surface area contributed by atoms with Crippen LogP contribution in [-0.4, -0.2) is 33.3 Å². The van der Waals surface area contributed by atoms with Crippen molar-refractivity contribution in [2.45, 2.75) is 13.3 Å². The van der Waals surface area contributed by atoms with Crippen LogP contribution in [0.25, 0.3) is 17.0 Å². The van der Waals surface area contributed by atoms with Crippen molar-refractivity contribution in [2.24, 2.45) is 0 Å². The van der Waals surface area contributed by atoms with Crippen LogP contribution in [0.3, 0.4) is 0 Å². The molecule has 0 radical (unpaired) electrons. The first-order valence-corrected chi connectivity index (χ1v) is 10.7. The Kier molecular flexibility index (Phi) is 6.83. The van der Waals surface area contributed by atoms with Gasteiger partial charge in [0.15, 0.2) is 5.78 Å². The van der Waals surface area contributed by atoms with E-state index < -0.39 is 23.9 Å². The Balaban J connectivity index is 1.72. The van der Waals surface area contributed by atoms with Crippen molar-refractivity contribution in [1.82, 2.24) is 4.98 Å². The third-order valence-electron chi connectivity index (χ3n) is 5.22. The molecule has 188 valence electrons. The molecule has 1 heterocycles. The fourth-order valence-electron chi connectivity index (χ4n) is 3.45. The molecule has 0 aliphatic carbocycles. The predicted octanol–water partition coefficient (Wildman–Crippen LogP) is 6.35. The Morgan fingerprint density at radius 2 is 1.59 bits per heavy atom. The van der Waals surface area contributed by atoms with Gasteiger partial charge in [0.05, 0.1) is 11.1 Å². The lowest BCUT2D eigenvalue weighted by Gasteiger charge is -2.14. The minimum Gasteiger partial charge on any atom is -0.508 e. The summed E-state index contributed by atoms with van der Waals surface area (Å²) < 4.78 is 47.3. The summed E-state index contributed by atoms with van der Waals surface area (Å²) in [5.41, 5.74) is 1.22. The van der Waals surface area contributed by atoms with Gasteiger partial charge < -0.3 is 19.7 Å². The standard InChI is InChI=1S/C27H18F3NO6/c1-15(26(34)35)12-16-2-7-19(8-3-16)36-25-21-11-6-18(32)13-23(21)31-14-22(25)24(33)17-4-9-20(10-5-17)37-27(28,29)30/h2-14,32H,1H3,(H,34,35)/b15-12+. The number of ether oxygens (including phenoxy) is 2. The maximum Gasteiger partial charge on any atom is 0.573 e. The highest BCUT2D eigenvalue weighted by atomic mass is 19.4. The van der Waals surface area contributed by atoms with E-state index in [1.165, 1.54) is 49.5 Å². The number of hydrogen-bond donors (Lipinski definition) is 2. The Hall–Kier alpha value is -4.86. The molecule has 0 unspecified atom stereocenters. The molecule has 0 amide bonds. The van der Waals surface area contributed by atoms with Gasteiger partial charge in [0.25, 0.3) is 0 Å². The van der Waals surface area contributed by atoms with Gasteiger partial charge >= 0.3 is 12.3 Å². The summed E-state index contributed by atoms with van der Waals surface area (Å²) in [4.78, 5) is 28.6. The van der Waals surface area contributed by atoms with E-state index in [1.807, 2.05) is 0 Å². The molecule has 0 bridgehead atoms. The molecule has 0 fully saturated rings. The van der Waals surface area contributed by atoms with Gasteiger partial charge in [0.1, 0.15) is 23.0 Å². The maximum atomic E-state index is 13.3. The van der Waals surface area contributed by atoms with Crippen LogP contribution in [0, 0.1) is 0 Å². The molecule has 0 aliphatic heterocycles. The van der Waals surface area contributed by atoms with Crippen LogP contribution in [0.4, 0.5) is 13.2 Å². The molecule has 0 aliphatic rings. The van der Waals surface area contributed by atoms with E-state index in [9.17, 15) is 27.9 Å². The minimum atomic E-state index is -4.86. The number of halogens is 3. The van der Waals surface area contributed by atoms with Gasteiger partial charge in [-0.05, 0) is 67.1 Å². The van der Waals surface area contributed by atoms with Gasteiger partial charge in [-0.25, -0.2) is 4.79 Å². The first kappa shape index (κ1) is 25.2. The van der Waals surface area contributed by atoms with Crippen LogP contribution < -0.4 is 9.47 Å². The van der Waals surface area contributed by atoms with Gasteiger partial charge in [0, 0.05) is 28.8 Å². The molecule has 37 heavy (non-hydrogen) atoms. The third-order valence-corrected chi connectivity index (χ3v) is 5.22. The largest absolute Gasteiger partial charge is 0.573 e. The smallest absolute Gasteiger partial charge is 0.508 e. The number of carboxylic acids is 1. The number of benzene rings is 3. The molecule has 7 nitrogen and oxygen atoms in total. The van der Waals surface area contributed by atoms with Crippen molar-refractivity contribution in [3.05, 3.63) is 95.2 Å². The summed E-state index contributed by atoms with van der Waals surface area (Å²) in [7, 11) is 0. The SMILES string of the molecule is C/C(=C\c1ccc(Oc2c(C(=O)c3ccc(OC(F)(F)F)cc3)cnc3cc(O)ccc23)cc1)C(=O)O. The van der Waals surface area contributed by atoms with Crippen LogP contribution in [0.5, 0.6) is 23.0 Å². The number of aromatic nitrogens is 1. The van der Waals surface area contributed by atoms with Crippen molar-refractivity contribution < 1.29 is 42.4 Å². The van der Waals surface area contributed by atoms with Crippen LogP contribution in [0.15, 0.2) is 78.5 Å². The molecule has 0 saturated carbocycles. The molecular formula is C27H18F3NO6. The molecule has 10 heteroatoms. The number of ketones is 1. The first-order valence-electron chi connectivity index (χ1n) is 10.7. The molecule has 1 aromatic heterocycles. The number of alkyl halides is 3. The van der Waals surface area contributed by atoms with E-state index in [0.717, 1.165) is 12.1 Å². The van der Waals surface area contributed by atoms with Gasteiger partial charge in [-0.3, -0.25) is 9.78 Å². The quantitative estimate of drug-likeness (QED) is 0.221. The predicted molar refractivity (Wildman–Crippen MR) is 128 cm³/mol. The molecule has 2 N–H and O–H groups in total.